The summed E-state index contributed by atoms with van der Waals surface area (Å²) in [5, 5.41) is 0. The van der Waals surface area contributed by atoms with Gasteiger partial charge in [-0.2, -0.15) is 0 Å². The molecule has 0 bridgehead atoms. The summed E-state index contributed by atoms with van der Waals surface area (Å²) < 4.78 is 22.3. The average molecular weight is 290 g/mol. The van der Waals surface area contributed by atoms with Crippen LogP contribution in [0, 0.1) is 0 Å². The fourth-order valence-corrected chi connectivity index (χ4v) is 3.19. The molecule has 0 unspecified atom stereocenters. The second kappa shape index (κ2) is 6.22. The van der Waals surface area contributed by atoms with Crippen molar-refractivity contribution in [2.24, 2.45) is 0 Å². The number of hydrogen-bond acceptors (Lipinski definition) is 4. The normalized spacial score (nSPS) is 20.8. The molecule has 0 radical (unpaired) electrons. The van der Waals surface area contributed by atoms with Crippen LogP contribution in [0.2, 0.25) is 0 Å². The lowest BCUT2D eigenvalue weighted by Crippen LogP contribution is -2.63. The van der Waals surface area contributed by atoms with Gasteiger partial charge in [-0.25, -0.2) is 8.42 Å². The standard InChI is InChI=1S/C13H26N2O3S/c1-5-7-14-9-10-15(13(2,3)12(14)16)8-6-11-19(4,17)18/h5-11H2,1-4H3. The summed E-state index contributed by atoms with van der Waals surface area (Å²) in [5.74, 6) is 0.340. The van der Waals surface area contributed by atoms with E-state index in [0.717, 1.165) is 26.1 Å². The van der Waals surface area contributed by atoms with Crippen molar-refractivity contribution in [3.63, 3.8) is 0 Å². The van der Waals surface area contributed by atoms with Gasteiger partial charge in [0.2, 0.25) is 5.91 Å². The molecule has 5 nitrogen and oxygen atoms in total. The fraction of sp³-hybridized carbons (Fsp3) is 0.923. The van der Waals surface area contributed by atoms with E-state index in [1.807, 2.05) is 18.7 Å². The predicted molar refractivity (Wildman–Crippen MR) is 76.9 cm³/mol. The van der Waals surface area contributed by atoms with E-state index in [1.54, 1.807) is 0 Å². The Hall–Kier alpha value is -0.620. The van der Waals surface area contributed by atoms with Crippen molar-refractivity contribution >= 4 is 15.7 Å². The molecule has 0 aromatic carbocycles. The molecule has 112 valence electrons. The molecule has 1 aliphatic rings. The SMILES string of the molecule is CCCN1CCN(CCCS(C)(=O)=O)C(C)(C)C1=O. The molecule has 1 amide bonds. The molecule has 1 fully saturated rings. The van der Waals surface area contributed by atoms with Crippen LogP contribution in [-0.2, 0) is 14.6 Å². The van der Waals surface area contributed by atoms with Crippen LogP contribution in [0.25, 0.3) is 0 Å². The maximum absolute atomic E-state index is 12.4. The van der Waals surface area contributed by atoms with Crippen LogP contribution >= 0.6 is 0 Å². The number of carbonyl (C=O) groups excluding carboxylic acids is 1. The minimum atomic E-state index is -2.92. The Bertz CT molecular complexity index is 418. The molecule has 0 N–H and O–H groups in total. The molecule has 19 heavy (non-hydrogen) atoms. The second-order valence-electron chi connectivity index (χ2n) is 5.82. The van der Waals surface area contributed by atoms with Gasteiger partial charge in [0.1, 0.15) is 9.84 Å². The first-order chi connectivity index (χ1) is 8.68. The largest absolute Gasteiger partial charge is 0.340 e. The smallest absolute Gasteiger partial charge is 0.242 e. The zero-order chi connectivity index (χ0) is 14.7. The summed E-state index contributed by atoms with van der Waals surface area (Å²) in [6.07, 6.45) is 2.81. The number of nitrogens with zero attached hydrogens (tertiary/aromatic N) is 2. The first-order valence-electron chi connectivity index (χ1n) is 6.90. The highest BCUT2D eigenvalue weighted by atomic mass is 32.2. The predicted octanol–water partition coefficient (Wildman–Crippen LogP) is 0.754. The van der Waals surface area contributed by atoms with Crippen molar-refractivity contribution < 1.29 is 13.2 Å². The summed E-state index contributed by atoms with van der Waals surface area (Å²) in [7, 11) is -2.92. The molecule has 0 spiro atoms. The summed E-state index contributed by atoms with van der Waals surface area (Å²) in [6, 6.07) is 0. The highest BCUT2D eigenvalue weighted by Crippen LogP contribution is 2.22. The van der Waals surface area contributed by atoms with Gasteiger partial charge in [-0.05, 0) is 26.7 Å². The molecule has 0 saturated carbocycles. The van der Waals surface area contributed by atoms with Crippen LogP contribution in [0.3, 0.4) is 0 Å². The Morgan fingerprint density at radius 2 is 1.84 bits per heavy atom. The van der Waals surface area contributed by atoms with Crippen LogP contribution in [0.15, 0.2) is 0 Å². The quantitative estimate of drug-likeness (QED) is 0.724. The molecule has 0 aromatic rings. The number of rotatable bonds is 6. The first-order valence-corrected chi connectivity index (χ1v) is 8.96. The third kappa shape index (κ3) is 4.45. The van der Waals surface area contributed by atoms with Gasteiger partial charge >= 0.3 is 0 Å². The van der Waals surface area contributed by atoms with E-state index in [4.69, 9.17) is 0 Å². The summed E-state index contributed by atoms with van der Waals surface area (Å²) in [6.45, 7) is 8.96. The highest BCUT2D eigenvalue weighted by molar-refractivity contribution is 7.90. The molecule has 0 atom stereocenters. The van der Waals surface area contributed by atoms with Gasteiger partial charge in [-0.15, -0.1) is 0 Å². The van der Waals surface area contributed by atoms with Crippen molar-refractivity contribution in [1.29, 1.82) is 0 Å². The van der Waals surface area contributed by atoms with Crippen LogP contribution in [0.1, 0.15) is 33.6 Å². The van der Waals surface area contributed by atoms with E-state index in [2.05, 4.69) is 11.8 Å². The molecular formula is C13H26N2O3S. The van der Waals surface area contributed by atoms with E-state index < -0.39 is 15.4 Å². The zero-order valence-electron chi connectivity index (χ0n) is 12.5. The summed E-state index contributed by atoms with van der Waals surface area (Å²) >= 11 is 0. The molecule has 6 heteroatoms. The van der Waals surface area contributed by atoms with Crippen molar-refractivity contribution in [3.8, 4) is 0 Å². The first kappa shape index (κ1) is 16.4. The van der Waals surface area contributed by atoms with Gasteiger partial charge < -0.3 is 4.90 Å². The Balaban J connectivity index is 2.59. The van der Waals surface area contributed by atoms with Crippen molar-refractivity contribution in [2.75, 3.05) is 38.2 Å². The Morgan fingerprint density at radius 1 is 1.21 bits per heavy atom. The summed E-state index contributed by atoms with van der Waals surface area (Å²) in [4.78, 5) is 16.4. The van der Waals surface area contributed by atoms with E-state index in [9.17, 15) is 13.2 Å². The van der Waals surface area contributed by atoms with Crippen LogP contribution in [-0.4, -0.2) is 67.9 Å². The lowest BCUT2D eigenvalue weighted by Gasteiger charge is -2.46. The van der Waals surface area contributed by atoms with Gasteiger partial charge in [0.25, 0.3) is 0 Å². The molecule has 1 rings (SSSR count). The molecule has 1 heterocycles. The Labute approximate surface area is 116 Å². The van der Waals surface area contributed by atoms with Crippen molar-refractivity contribution in [3.05, 3.63) is 0 Å². The lowest BCUT2D eigenvalue weighted by atomic mass is 9.97. The van der Waals surface area contributed by atoms with Crippen molar-refractivity contribution in [2.45, 2.75) is 39.2 Å². The average Bonchev–Trinajstić information content (AvgIpc) is 2.27. The van der Waals surface area contributed by atoms with E-state index in [-0.39, 0.29) is 11.7 Å². The number of hydrogen-bond donors (Lipinski definition) is 0. The molecule has 1 aliphatic heterocycles. The zero-order valence-corrected chi connectivity index (χ0v) is 13.3. The number of sulfone groups is 1. The van der Waals surface area contributed by atoms with Crippen LogP contribution in [0.5, 0.6) is 0 Å². The van der Waals surface area contributed by atoms with E-state index in [0.29, 0.717) is 13.0 Å². The Morgan fingerprint density at radius 3 is 2.37 bits per heavy atom. The molecule has 0 aliphatic carbocycles. The van der Waals surface area contributed by atoms with Gasteiger partial charge in [0, 0.05) is 32.4 Å². The molecule has 1 saturated heterocycles. The van der Waals surface area contributed by atoms with Crippen LogP contribution in [0.4, 0.5) is 0 Å². The maximum atomic E-state index is 12.4. The number of piperazine rings is 1. The topological polar surface area (TPSA) is 57.7 Å². The number of amides is 1. The minimum Gasteiger partial charge on any atom is -0.340 e. The highest BCUT2D eigenvalue weighted by Gasteiger charge is 2.40. The number of carbonyl (C=O) groups is 1. The molecular weight excluding hydrogens is 264 g/mol. The van der Waals surface area contributed by atoms with Gasteiger partial charge in [-0.3, -0.25) is 9.69 Å². The van der Waals surface area contributed by atoms with Gasteiger partial charge in [-0.1, -0.05) is 6.92 Å². The summed E-state index contributed by atoms with van der Waals surface area (Å²) in [5.41, 5.74) is -0.523. The minimum absolute atomic E-state index is 0.153. The third-order valence-corrected chi connectivity index (χ3v) is 4.71. The fourth-order valence-electron chi connectivity index (χ4n) is 2.54. The Kier molecular flexibility index (Phi) is 5.38. The van der Waals surface area contributed by atoms with Crippen molar-refractivity contribution in [1.82, 2.24) is 9.80 Å². The molecule has 0 aromatic heterocycles. The van der Waals surface area contributed by atoms with E-state index in [1.165, 1.54) is 6.26 Å². The van der Waals surface area contributed by atoms with Gasteiger partial charge in [0.05, 0.1) is 11.3 Å². The lowest BCUT2D eigenvalue weighted by molar-refractivity contribution is -0.148. The monoisotopic (exact) mass is 290 g/mol. The van der Waals surface area contributed by atoms with E-state index >= 15 is 0 Å². The maximum Gasteiger partial charge on any atom is 0.242 e. The van der Waals surface area contributed by atoms with Crippen LogP contribution < -0.4 is 0 Å². The van der Waals surface area contributed by atoms with Gasteiger partial charge in [0.15, 0.2) is 0 Å². The second-order valence-corrected chi connectivity index (χ2v) is 8.08. The third-order valence-electron chi connectivity index (χ3n) is 3.68.